The van der Waals surface area contributed by atoms with E-state index in [1.54, 1.807) is 28.0 Å². The van der Waals surface area contributed by atoms with E-state index in [9.17, 15) is 14.7 Å². The summed E-state index contributed by atoms with van der Waals surface area (Å²) in [4.78, 5) is 27.1. The zero-order chi connectivity index (χ0) is 17.1. The Morgan fingerprint density at radius 1 is 1.12 bits per heavy atom. The van der Waals surface area contributed by atoms with E-state index in [1.165, 1.54) is 19.2 Å². The number of nitrogens with zero attached hydrogens (tertiary/aromatic N) is 3. The van der Waals surface area contributed by atoms with Gasteiger partial charge in [0, 0.05) is 37.8 Å². The van der Waals surface area contributed by atoms with Crippen molar-refractivity contribution in [2.75, 3.05) is 33.3 Å². The van der Waals surface area contributed by atoms with E-state index >= 15 is 0 Å². The second-order valence-corrected chi connectivity index (χ2v) is 5.37. The molecule has 0 bridgehead atoms. The second kappa shape index (κ2) is 6.61. The molecule has 2 heterocycles. The third-order valence-electron chi connectivity index (χ3n) is 3.88. The number of phenolic OH excluding ortho intramolecular Hbond substituents is 1. The number of hydrogen-bond acceptors (Lipinski definition) is 6. The van der Waals surface area contributed by atoms with E-state index in [4.69, 9.17) is 4.52 Å². The van der Waals surface area contributed by atoms with Crippen LogP contribution in [0.1, 0.15) is 10.5 Å². The van der Waals surface area contributed by atoms with Gasteiger partial charge in [0.25, 0.3) is 5.91 Å². The Bertz CT molecular complexity index is 732. The summed E-state index contributed by atoms with van der Waals surface area (Å²) in [7, 11) is 1.33. The van der Waals surface area contributed by atoms with Crippen molar-refractivity contribution in [2.24, 2.45) is 0 Å². The van der Waals surface area contributed by atoms with Crippen molar-refractivity contribution in [1.29, 1.82) is 0 Å². The van der Waals surface area contributed by atoms with Crippen LogP contribution >= 0.6 is 0 Å². The van der Waals surface area contributed by atoms with E-state index in [0.717, 1.165) is 5.56 Å². The average molecular weight is 331 g/mol. The van der Waals surface area contributed by atoms with Gasteiger partial charge in [-0.05, 0) is 24.3 Å². The van der Waals surface area contributed by atoms with Gasteiger partial charge < -0.3 is 24.2 Å². The van der Waals surface area contributed by atoms with E-state index in [0.29, 0.717) is 31.9 Å². The maximum atomic E-state index is 12.5. The third-order valence-corrected chi connectivity index (χ3v) is 3.88. The van der Waals surface area contributed by atoms with Crippen molar-refractivity contribution in [3.63, 3.8) is 0 Å². The van der Waals surface area contributed by atoms with Crippen molar-refractivity contribution in [3.05, 3.63) is 36.0 Å². The number of phenols is 1. The van der Waals surface area contributed by atoms with Crippen LogP contribution in [0.15, 0.2) is 34.9 Å². The lowest BCUT2D eigenvalue weighted by molar-refractivity contribution is 0.0591. The molecule has 1 aromatic heterocycles. The summed E-state index contributed by atoms with van der Waals surface area (Å²) in [5.41, 5.74) is 0.930. The highest BCUT2D eigenvalue weighted by molar-refractivity contribution is 5.93. The first-order valence-corrected chi connectivity index (χ1v) is 7.47. The number of aromatic nitrogens is 1. The summed E-state index contributed by atoms with van der Waals surface area (Å²) in [5.74, 6) is 0.359. The van der Waals surface area contributed by atoms with Crippen LogP contribution in [0.2, 0.25) is 0 Å². The highest BCUT2D eigenvalue weighted by Gasteiger charge is 2.27. The molecule has 3 rings (SSSR count). The largest absolute Gasteiger partial charge is 0.508 e. The number of carbonyl (C=O) groups is 2. The molecule has 8 heteroatoms. The van der Waals surface area contributed by atoms with Gasteiger partial charge in [-0.3, -0.25) is 4.79 Å². The zero-order valence-electron chi connectivity index (χ0n) is 13.1. The second-order valence-electron chi connectivity index (χ2n) is 5.37. The normalized spacial score (nSPS) is 14.5. The predicted molar refractivity (Wildman–Crippen MR) is 83.5 cm³/mol. The number of piperazine rings is 1. The summed E-state index contributed by atoms with van der Waals surface area (Å²) in [5, 5.41) is 13.1. The maximum Gasteiger partial charge on any atom is 0.409 e. The van der Waals surface area contributed by atoms with Crippen LogP contribution in [0.3, 0.4) is 0 Å². The molecule has 24 heavy (non-hydrogen) atoms. The predicted octanol–water partition coefficient (Wildman–Crippen LogP) is 1.57. The van der Waals surface area contributed by atoms with Crippen molar-refractivity contribution in [1.82, 2.24) is 15.0 Å². The summed E-state index contributed by atoms with van der Waals surface area (Å²) < 4.78 is 9.88. The quantitative estimate of drug-likeness (QED) is 0.897. The number of ether oxygens (including phenoxy) is 1. The van der Waals surface area contributed by atoms with E-state index in [-0.39, 0.29) is 17.4 Å². The number of amides is 2. The van der Waals surface area contributed by atoms with E-state index in [2.05, 4.69) is 9.89 Å². The van der Waals surface area contributed by atoms with Crippen LogP contribution in [-0.4, -0.2) is 65.4 Å². The molecule has 2 amide bonds. The van der Waals surface area contributed by atoms with Gasteiger partial charge in [0.1, 0.15) is 5.75 Å². The molecule has 1 aliphatic rings. The molecule has 0 radical (unpaired) electrons. The van der Waals surface area contributed by atoms with E-state index in [1.807, 2.05) is 0 Å². The maximum absolute atomic E-state index is 12.5. The Morgan fingerprint density at radius 2 is 1.75 bits per heavy atom. The molecular weight excluding hydrogens is 314 g/mol. The summed E-state index contributed by atoms with van der Waals surface area (Å²) in [6.45, 7) is 1.66. The Morgan fingerprint density at radius 3 is 2.38 bits per heavy atom. The molecule has 8 nitrogen and oxygen atoms in total. The zero-order valence-corrected chi connectivity index (χ0v) is 13.1. The van der Waals surface area contributed by atoms with Gasteiger partial charge in [0.05, 0.1) is 7.11 Å². The molecular formula is C16H17N3O5. The minimum atomic E-state index is -0.391. The van der Waals surface area contributed by atoms with Crippen LogP contribution in [0.25, 0.3) is 11.3 Å². The highest BCUT2D eigenvalue weighted by Crippen LogP contribution is 2.23. The number of methoxy groups -OCH3 is 1. The van der Waals surface area contributed by atoms with Crippen LogP contribution < -0.4 is 0 Å². The molecule has 1 N–H and O–H groups in total. The lowest BCUT2D eigenvalue weighted by atomic mass is 10.1. The number of benzene rings is 1. The summed E-state index contributed by atoms with van der Waals surface area (Å²) in [6, 6.07) is 8.00. The Balaban J connectivity index is 1.66. The molecule has 0 saturated carbocycles. The smallest absolute Gasteiger partial charge is 0.409 e. The highest BCUT2D eigenvalue weighted by atomic mass is 16.5. The van der Waals surface area contributed by atoms with Gasteiger partial charge in [0.2, 0.25) is 0 Å². The fourth-order valence-electron chi connectivity index (χ4n) is 2.52. The summed E-state index contributed by atoms with van der Waals surface area (Å²) in [6.07, 6.45) is -0.391. The molecule has 0 unspecified atom stereocenters. The summed E-state index contributed by atoms with van der Waals surface area (Å²) >= 11 is 0. The molecule has 1 aromatic carbocycles. The third kappa shape index (κ3) is 3.17. The molecule has 1 fully saturated rings. The van der Waals surface area contributed by atoms with Crippen LogP contribution in [0.4, 0.5) is 4.79 Å². The fourth-order valence-corrected chi connectivity index (χ4v) is 2.52. The van der Waals surface area contributed by atoms with Crippen LogP contribution in [-0.2, 0) is 4.74 Å². The molecule has 0 atom stereocenters. The van der Waals surface area contributed by atoms with Crippen molar-refractivity contribution >= 4 is 12.0 Å². The van der Waals surface area contributed by atoms with Crippen LogP contribution in [0, 0.1) is 0 Å². The number of carbonyl (C=O) groups excluding carboxylic acids is 2. The first-order valence-electron chi connectivity index (χ1n) is 7.47. The van der Waals surface area contributed by atoms with Gasteiger partial charge in [-0.1, -0.05) is 5.16 Å². The Kier molecular flexibility index (Phi) is 4.37. The Hall–Kier alpha value is -3.03. The molecule has 1 saturated heterocycles. The van der Waals surface area contributed by atoms with Crippen molar-refractivity contribution < 1.29 is 24.0 Å². The molecule has 0 aliphatic carbocycles. The molecule has 0 spiro atoms. The number of aromatic hydroxyl groups is 1. The van der Waals surface area contributed by atoms with Crippen LogP contribution in [0.5, 0.6) is 5.75 Å². The lowest BCUT2D eigenvalue weighted by Crippen LogP contribution is -2.50. The van der Waals surface area contributed by atoms with Crippen molar-refractivity contribution in [2.45, 2.75) is 0 Å². The van der Waals surface area contributed by atoms with Gasteiger partial charge in [-0.25, -0.2) is 4.79 Å². The minimum Gasteiger partial charge on any atom is -0.508 e. The van der Waals surface area contributed by atoms with E-state index < -0.39 is 6.09 Å². The molecule has 2 aromatic rings. The number of hydrogen-bond donors (Lipinski definition) is 1. The van der Waals surface area contributed by atoms with Gasteiger partial charge >= 0.3 is 6.09 Å². The molecule has 126 valence electrons. The lowest BCUT2D eigenvalue weighted by Gasteiger charge is -2.33. The fraction of sp³-hybridized carbons (Fsp3) is 0.312. The standard InChI is InChI=1S/C16H17N3O5/c1-23-16(22)19-8-6-18(7-9-19)15(21)13-10-14(24-17-13)11-2-4-12(20)5-3-11/h2-5,10,20H,6-9H2,1H3. The van der Waals surface area contributed by atoms with Gasteiger partial charge in [-0.2, -0.15) is 0 Å². The van der Waals surface area contributed by atoms with Gasteiger partial charge in [0.15, 0.2) is 11.5 Å². The van der Waals surface area contributed by atoms with Crippen molar-refractivity contribution in [3.8, 4) is 17.1 Å². The SMILES string of the molecule is COC(=O)N1CCN(C(=O)c2cc(-c3ccc(O)cc3)on2)CC1. The monoisotopic (exact) mass is 331 g/mol. The Labute approximate surface area is 138 Å². The minimum absolute atomic E-state index is 0.151. The first kappa shape index (κ1) is 15.9. The average Bonchev–Trinajstić information content (AvgIpc) is 3.11. The topological polar surface area (TPSA) is 96.1 Å². The van der Waals surface area contributed by atoms with Gasteiger partial charge in [-0.15, -0.1) is 0 Å². The first-order chi connectivity index (χ1) is 11.6. The number of rotatable bonds is 2. The molecule has 1 aliphatic heterocycles.